The third-order valence-corrected chi connectivity index (χ3v) is 3.19. The summed E-state index contributed by atoms with van der Waals surface area (Å²) < 4.78 is 0. The van der Waals surface area contributed by atoms with Crippen molar-refractivity contribution in [3.8, 4) is 0 Å². The smallest absolute Gasteiger partial charge is 0.00721 e. The molecule has 70 valence electrons. The van der Waals surface area contributed by atoms with Crippen molar-refractivity contribution in [1.29, 1.82) is 0 Å². The highest BCUT2D eigenvalue weighted by atomic mass is 14.5. The molecule has 1 fully saturated rings. The largest absolute Gasteiger partial charge is 0.330 e. The van der Waals surface area contributed by atoms with Gasteiger partial charge >= 0.3 is 0 Å². The molecule has 1 rings (SSSR count). The fourth-order valence-corrected chi connectivity index (χ4v) is 2.47. The monoisotopic (exact) mass is 167 g/mol. The van der Waals surface area contributed by atoms with Crippen LogP contribution < -0.4 is 5.73 Å². The molecule has 0 radical (unpaired) electrons. The Morgan fingerprint density at radius 2 is 2.42 bits per heavy atom. The minimum atomic E-state index is 0.544. The third-order valence-electron chi connectivity index (χ3n) is 3.19. The lowest BCUT2D eigenvalue weighted by Crippen LogP contribution is -2.17. The summed E-state index contributed by atoms with van der Waals surface area (Å²) in [4.78, 5) is 0. The van der Waals surface area contributed by atoms with Gasteiger partial charge in [-0.1, -0.05) is 13.0 Å². The Bertz CT molecular complexity index is 153. The minimum Gasteiger partial charge on any atom is -0.330 e. The maximum Gasteiger partial charge on any atom is -0.00721 e. The van der Waals surface area contributed by atoms with Crippen LogP contribution in [0.1, 0.15) is 39.0 Å². The first-order valence-electron chi connectivity index (χ1n) is 5.01. The zero-order valence-corrected chi connectivity index (χ0v) is 8.18. The molecule has 2 N–H and O–H groups in total. The lowest BCUT2D eigenvalue weighted by Gasteiger charge is -2.22. The number of allylic oxidation sites excluding steroid dienone is 1. The first-order chi connectivity index (χ1) is 5.70. The Hall–Kier alpha value is -0.300. The van der Waals surface area contributed by atoms with Gasteiger partial charge in [0.1, 0.15) is 0 Å². The molecule has 0 heterocycles. The van der Waals surface area contributed by atoms with E-state index >= 15 is 0 Å². The number of rotatable bonds is 4. The molecule has 1 aliphatic carbocycles. The maximum absolute atomic E-state index is 5.59. The summed E-state index contributed by atoms with van der Waals surface area (Å²) in [7, 11) is 0. The third kappa shape index (κ3) is 2.34. The summed E-state index contributed by atoms with van der Waals surface area (Å²) in [5.41, 5.74) is 6.14. The van der Waals surface area contributed by atoms with Crippen molar-refractivity contribution < 1.29 is 0 Å². The van der Waals surface area contributed by atoms with E-state index in [-0.39, 0.29) is 0 Å². The van der Waals surface area contributed by atoms with Crippen molar-refractivity contribution in [1.82, 2.24) is 0 Å². The van der Waals surface area contributed by atoms with Gasteiger partial charge in [-0.2, -0.15) is 0 Å². The molecule has 0 aliphatic heterocycles. The van der Waals surface area contributed by atoms with Crippen molar-refractivity contribution in [2.24, 2.45) is 17.1 Å². The van der Waals surface area contributed by atoms with Gasteiger partial charge in [-0.3, -0.25) is 0 Å². The molecule has 0 aromatic carbocycles. The van der Waals surface area contributed by atoms with Gasteiger partial charge in [0, 0.05) is 0 Å². The zero-order valence-electron chi connectivity index (χ0n) is 8.18. The molecule has 2 unspecified atom stereocenters. The average molecular weight is 167 g/mol. The SMILES string of the molecule is C=CCC1CCC(C)(CCN)C1. The molecule has 2 atom stereocenters. The summed E-state index contributed by atoms with van der Waals surface area (Å²) >= 11 is 0. The molecular weight excluding hydrogens is 146 g/mol. The molecular formula is C11H21N. The van der Waals surface area contributed by atoms with Crippen molar-refractivity contribution in [3.05, 3.63) is 12.7 Å². The van der Waals surface area contributed by atoms with Crippen LogP contribution in [0.15, 0.2) is 12.7 Å². The highest BCUT2D eigenvalue weighted by Gasteiger charge is 2.33. The number of hydrogen-bond acceptors (Lipinski definition) is 1. The lowest BCUT2D eigenvalue weighted by molar-refractivity contribution is 0.299. The van der Waals surface area contributed by atoms with Crippen molar-refractivity contribution in [2.75, 3.05) is 6.54 Å². The average Bonchev–Trinajstić information content (AvgIpc) is 2.34. The van der Waals surface area contributed by atoms with Crippen LogP contribution in [0.5, 0.6) is 0 Å². The van der Waals surface area contributed by atoms with Crippen LogP contribution in [0.4, 0.5) is 0 Å². The molecule has 12 heavy (non-hydrogen) atoms. The second kappa shape index (κ2) is 4.08. The molecule has 0 saturated heterocycles. The van der Waals surface area contributed by atoms with E-state index in [0.717, 1.165) is 12.5 Å². The van der Waals surface area contributed by atoms with Gasteiger partial charge in [0.25, 0.3) is 0 Å². The highest BCUT2D eigenvalue weighted by molar-refractivity contribution is 4.88. The normalized spacial score (nSPS) is 35.3. The van der Waals surface area contributed by atoms with E-state index in [1.54, 1.807) is 0 Å². The molecule has 0 bridgehead atoms. The van der Waals surface area contributed by atoms with Crippen molar-refractivity contribution >= 4 is 0 Å². The molecule has 0 aromatic rings. The predicted molar refractivity (Wildman–Crippen MR) is 53.9 cm³/mol. The van der Waals surface area contributed by atoms with Crippen LogP contribution in [-0.2, 0) is 0 Å². The van der Waals surface area contributed by atoms with Crippen LogP contribution >= 0.6 is 0 Å². The van der Waals surface area contributed by atoms with E-state index in [2.05, 4.69) is 19.6 Å². The summed E-state index contributed by atoms with van der Waals surface area (Å²) in [5, 5.41) is 0. The molecule has 1 saturated carbocycles. The first kappa shape index (κ1) is 9.79. The summed E-state index contributed by atoms with van der Waals surface area (Å²) in [6.07, 6.45) is 8.54. The lowest BCUT2D eigenvalue weighted by atomic mass is 9.84. The van der Waals surface area contributed by atoms with Gasteiger partial charge in [-0.15, -0.1) is 6.58 Å². The van der Waals surface area contributed by atoms with Crippen LogP contribution in [0.2, 0.25) is 0 Å². The Kier molecular flexibility index (Phi) is 3.33. The highest BCUT2D eigenvalue weighted by Crippen LogP contribution is 2.44. The van der Waals surface area contributed by atoms with E-state index in [1.807, 2.05) is 0 Å². The van der Waals surface area contributed by atoms with Gasteiger partial charge in [0.15, 0.2) is 0 Å². The summed E-state index contributed by atoms with van der Waals surface area (Å²) in [6.45, 7) is 7.02. The first-order valence-corrected chi connectivity index (χ1v) is 5.01. The van der Waals surface area contributed by atoms with E-state index in [4.69, 9.17) is 5.73 Å². The standard InChI is InChI=1S/C11H21N/c1-3-4-10-5-6-11(2,9-10)7-8-12/h3,10H,1,4-9,12H2,2H3. The van der Waals surface area contributed by atoms with Gasteiger partial charge in [-0.25, -0.2) is 0 Å². The topological polar surface area (TPSA) is 26.0 Å². The van der Waals surface area contributed by atoms with Gasteiger partial charge in [0.2, 0.25) is 0 Å². The fraction of sp³-hybridized carbons (Fsp3) is 0.818. The molecule has 1 nitrogen and oxygen atoms in total. The van der Waals surface area contributed by atoms with Crippen LogP contribution in [0.3, 0.4) is 0 Å². The molecule has 1 heteroatoms. The second-order valence-corrected chi connectivity index (χ2v) is 4.48. The van der Waals surface area contributed by atoms with Crippen LogP contribution in [0.25, 0.3) is 0 Å². The minimum absolute atomic E-state index is 0.544. The summed E-state index contributed by atoms with van der Waals surface area (Å²) in [5.74, 6) is 0.888. The van der Waals surface area contributed by atoms with E-state index in [0.29, 0.717) is 5.41 Å². The predicted octanol–water partition coefficient (Wildman–Crippen LogP) is 2.72. The van der Waals surface area contributed by atoms with Crippen molar-refractivity contribution in [2.45, 2.75) is 39.0 Å². The zero-order chi connectivity index (χ0) is 9.03. The van der Waals surface area contributed by atoms with E-state index < -0.39 is 0 Å². The van der Waals surface area contributed by atoms with Crippen molar-refractivity contribution in [3.63, 3.8) is 0 Å². The van der Waals surface area contributed by atoms with Gasteiger partial charge in [-0.05, 0) is 50.0 Å². The molecule has 1 aliphatic rings. The van der Waals surface area contributed by atoms with E-state index in [9.17, 15) is 0 Å². The fourth-order valence-electron chi connectivity index (χ4n) is 2.47. The number of nitrogens with two attached hydrogens (primary N) is 1. The van der Waals surface area contributed by atoms with Crippen LogP contribution in [0, 0.1) is 11.3 Å². The Labute approximate surface area is 76.0 Å². The Morgan fingerprint density at radius 1 is 1.67 bits per heavy atom. The molecule has 0 amide bonds. The molecule has 0 aromatic heterocycles. The Balaban J connectivity index is 2.37. The number of hydrogen-bond donors (Lipinski definition) is 1. The van der Waals surface area contributed by atoms with Crippen LogP contribution in [-0.4, -0.2) is 6.54 Å². The van der Waals surface area contributed by atoms with E-state index in [1.165, 1.54) is 32.1 Å². The maximum atomic E-state index is 5.59. The quantitative estimate of drug-likeness (QED) is 0.640. The van der Waals surface area contributed by atoms with Gasteiger partial charge in [0.05, 0.1) is 0 Å². The second-order valence-electron chi connectivity index (χ2n) is 4.48. The van der Waals surface area contributed by atoms with Gasteiger partial charge < -0.3 is 5.73 Å². The Morgan fingerprint density at radius 3 is 3.00 bits per heavy atom. The molecule has 0 spiro atoms. The summed E-state index contributed by atoms with van der Waals surface area (Å²) in [6, 6.07) is 0.